The van der Waals surface area contributed by atoms with Crippen LogP contribution in [0.1, 0.15) is 38.9 Å². The van der Waals surface area contributed by atoms with Crippen molar-refractivity contribution >= 4 is 11.6 Å². The summed E-state index contributed by atoms with van der Waals surface area (Å²) in [4.78, 5) is 0. The highest BCUT2D eigenvalue weighted by molar-refractivity contribution is 6.28. The molecule has 0 aliphatic heterocycles. The molecular formula is C11H20ClN3O. The van der Waals surface area contributed by atoms with Crippen molar-refractivity contribution in [2.24, 2.45) is 0 Å². The Hall–Kier alpha value is -0.610. The van der Waals surface area contributed by atoms with E-state index in [-0.39, 0.29) is 0 Å². The van der Waals surface area contributed by atoms with Gasteiger partial charge < -0.3 is 9.30 Å². The van der Waals surface area contributed by atoms with Crippen molar-refractivity contribution in [3.8, 4) is 0 Å². The van der Waals surface area contributed by atoms with E-state index in [2.05, 4.69) is 24.0 Å². The van der Waals surface area contributed by atoms with Gasteiger partial charge in [-0.3, -0.25) is 0 Å². The van der Waals surface area contributed by atoms with E-state index in [1.165, 1.54) is 6.42 Å². The predicted octanol–water partition coefficient (Wildman–Crippen LogP) is 2.70. The Kier molecular flexibility index (Phi) is 6.42. The van der Waals surface area contributed by atoms with Gasteiger partial charge in [0.25, 0.3) is 0 Å². The fourth-order valence-corrected chi connectivity index (χ4v) is 1.69. The highest BCUT2D eigenvalue weighted by Crippen LogP contribution is 2.09. The van der Waals surface area contributed by atoms with E-state index in [1.807, 2.05) is 4.57 Å². The number of aromatic nitrogens is 3. The zero-order valence-corrected chi connectivity index (χ0v) is 10.8. The molecule has 0 radical (unpaired) electrons. The van der Waals surface area contributed by atoms with Crippen molar-refractivity contribution in [2.45, 2.75) is 46.1 Å². The summed E-state index contributed by atoms with van der Waals surface area (Å²) in [6, 6.07) is 0. The van der Waals surface area contributed by atoms with Gasteiger partial charge in [-0.25, -0.2) is 0 Å². The summed E-state index contributed by atoms with van der Waals surface area (Å²) in [7, 11) is 0. The van der Waals surface area contributed by atoms with Gasteiger partial charge in [0.1, 0.15) is 5.82 Å². The molecule has 1 aromatic heterocycles. The molecule has 0 fully saturated rings. The van der Waals surface area contributed by atoms with Gasteiger partial charge in [0.15, 0.2) is 0 Å². The van der Waals surface area contributed by atoms with E-state index < -0.39 is 0 Å². The Labute approximate surface area is 102 Å². The second-order valence-electron chi connectivity index (χ2n) is 3.71. The second kappa shape index (κ2) is 7.63. The number of ether oxygens (including phenoxy) is 1. The molecule has 0 aromatic carbocycles. The molecule has 0 saturated carbocycles. The molecule has 1 aromatic rings. The number of unbranched alkanes of at least 4 members (excludes halogenated alkanes) is 1. The molecule has 0 bridgehead atoms. The summed E-state index contributed by atoms with van der Waals surface area (Å²) in [5.41, 5.74) is 0. The van der Waals surface area contributed by atoms with Crippen LogP contribution in [0, 0.1) is 0 Å². The highest BCUT2D eigenvalue weighted by Gasteiger charge is 2.07. The zero-order chi connectivity index (χ0) is 11.8. The molecule has 0 aliphatic carbocycles. The summed E-state index contributed by atoms with van der Waals surface area (Å²) in [5, 5.41) is 8.33. The summed E-state index contributed by atoms with van der Waals surface area (Å²) in [6.07, 6.45) is 4.12. The Balaban J connectivity index is 2.23. The van der Waals surface area contributed by atoms with Gasteiger partial charge in [-0.05, 0) is 24.4 Å². The van der Waals surface area contributed by atoms with Crippen LogP contribution in [-0.4, -0.2) is 28.0 Å². The van der Waals surface area contributed by atoms with Crippen LogP contribution >= 0.6 is 11.6 Å². The largest absolute Gasteiger partial charge is 0.381 e. The van der Waals surface area contributed by atoms with Crippen molar-refractivity contribution in [1.29, 1.82) is 0 Å². The maximum atomic E-state index is 5.93. The summed E-state index contributed by atoms with van der Waals surface area (Å²) in [6.45, 7) is 6.67. The molecule has 92 valence electrons. The minimum atomic E-state index is 0.477. The van der Waals surface area contributed by atoms with Gasteiger partial charge in [-0.1, -0.05) is 20.3 Å². The minimum Gasteiger partial charge on any atom is -0.381 e. The van der Waals surface area contributed by atoms with Crippen LogP contribution in [0.25, 0.3) is 0 Å². The van der Waals surface area contributed by atoms with Crippen molar-refractivity contribution in [1.82, 2.24) is 14.8 Å². The van der Waals surface area contributed by atoms with Gasteiger partial charge in [0.2, 0.25) is 5.28 Å². The molecule has 4 nitrogen and oxygen atoms in total. The first-order valence-electron chi connectivity index (χ1n) is 5.94. The first-order valence-corrected chi connectivity index (χ1v) is 6.32. The van der Waals surface area contributed by atoms with E-state index >= 15 is 0 Å². The predicted molar refractivity (Wildman–Crippen MR) is 64.8 cm³/mol. The molecule has 0 spiro atoms. The third kappa shape index (κ3) is 4.10. The Bertz CT molecular complexity index is 301. The fourth-order valence-electron chi connectivity index (χ4n) is 1.47. The average molecular weight is 246 g/mol. The van der Waals surface area contributed by atoms with Crippen LogP contribution in [0.5, 0.6) is 0 Å². The molecule has 0 unspecified atom stereocenters. The van der Waals surface area contributed by atoms with Crippen LogP contribution < -0.4 is 0 Å². The van der Waals surface area contributed by atoms with Gasteiger partial charge in [-0.2, -0.15) is 0 Å². The average Bonchev–Trinajstić information content (AvgIpc) is 2.65. The maximum absolute atomic E-state index is 5.93. The van der Waals surface area contributed by atoms with Crippen LogP contribution in [0.3, 0.4) is 0 Å². The van der Waals surface area contributed by atoms with Gasteiger partial charge in [-0.15, -0.1) is 10.2 Å². The van der Waals surface area contributed by atoms with Crippen molar-refractivity contribution in [3.63, 3.8) is 0 Å². The number of rotatable bonds is 8. The topological polar surface area (TPSA) is 39.9 Å². The SMILES string of the molecule is CCCCOCCCn1c(Cl)nnc1CC. The smallest absolute Gasteiger partial charge is 0.225 e. The molecule has 0 aliphatic rings. The molecule has 1 heterocycles. The fraction of sp³-hybridized carbons (Fsp3) is 0.818. The molecule has 1 rings (SSSR count). The normalized spacial score (nSPS) is 10.9. The lowest BCUT2D eigenvalue weighted by Gasteiger charge is -2.06. The lowest BCUT2D eigenvalue weighted by atomic mass is 10.3. The monoisotopic (exact) mass is 245 g/mol. The third-order valence-corrected chi connectivity index (χ3v) is 2.69. The van der Waals surface area contributed by atoms with Crippen LogP contribution in [0.15, 0.2) is 0 Å². The van der Waals surface area contributed by atoms with E-state index in [0.717, 1.165) is 44.8 Å². The van der Waals surface area contributed by atoms with Gasteiger partial charge in [0.05, 0.1) is 0 Å². The summed E-state index contributed by atoms with van der Waals surface area (Å²) >= 11 is 5.93. The minimum absolute atomic E-state index is 0.477. The molecule has 5 heteroatoms. The Morgan fingerprint density at radius 3 is 2.62 bits per heavy atom. The van der Waals surface area contributed by atoms with Crippen molar-refractivity contribution < 1.29 is 4.74 Å². The molecular weight excluding hydrogens is 226 g/mol. The molecule has 16 heavy (non-hydrogen) atoms. The standard InChI is InChI=1S/C11H20ClN3O/c1-3-5-8-16-9-6-7-15-10(4-2)13-14-11(15)12/h3-9H2,1-2H3. The number of nitrogens with zero attached hydrogens (tertiary/aromatic N) is 3. The number of hydrogen-bond donors (Lipinski definition) is 0. The Morgan fingerprint density at radius 1 is 1.19 bits per heavy atom. The van der Waals surface area contributed by atoms with E-state index in [9.17, 15) is 0 Å². The first kappa shape index (κ1) is 13.5. The molecule has 0 atom stereocenters. The van der Waals surface area contributed by atoms with Gasteiger partial charge in [0, 0.05) is 26.2 Å². The van der Waals surface area contributed by atoms with Crippen LogP contribution in [-0.2, 0) is 17.7 Å². The maximum Gasteiger partial charge on any atom is 0.225 e. The third-order valence-electron chi connectivity index (χ3n) is 2.41. The summed E-state index contributed by atoms with van der Waals surface area (Å²) in [5.74, 6) is 0.943. The van der Waals surface area contributed by atoms with E-state index in [4.69, 9.17) is 16.3 Å². The number of hydrogen-bond acceptors (Lipinski definition) is 3. The summed E-state index contributed by atoms with van der Waals surface area (Å²) < 4.78 is 7.44. The molecule has 0 amide bonds. The first-order chi connectivity index (χ1) is 7.79. The van der Waals surface area contributed by atoms with Crippen LogP contribution in [0.2, 0.25) is 5.28 Å². The van der Waals surface area contributed by atoms with E-state index in [0.29, 0.717) is 5.28 Å². The van der Waals surface area contributed by atoms with Crippen LogP contribution in [0.4, 0.5) is 0 Å². The number of aryl methyl sites for hydroxylation is 1. The Morgan fingerprint density at radius 2 is 1.94 bits per heavy atom. The van der Waals surface area contributed by atoms with Crippen molar-refractivity contribution in [3.05, 3.63) is 11.1 Å². The molecule has 0 N–H and O–H groups in total. The molecule has 0 saturated heterocycles. The second-order valence-corrected chi connectivity index (χ2v) is 4.05. The quantitative estimate of drug-likeness (QED) is 0.661. The number of halogens is 1. The van der Waals surface area contributed by atoms with E-state index in [1.54, 1.807) is 0 Å². The van der Waals surface area contributed by atoms with Crippen molar-refractivity contribution in [2.75, 3.05) is 13.2 Å². The lowest BCUT2D eigenvalue weighted by molar-refractivity contribution is 0.126. The zero-order valence-electron chi connectivity index (χ0n) is 10.1. The highest BCUT2D eigenvalue weighted by atomic mass is 35.5. The lowest BCUT2D eigenvalue weighted by Crippen LogP contribution is -2.07. The van der Waals surface area contributed by atoms with Gasteiger partial charge >= 0.3 is 0 Å².